The Morgan fingerprint density at radius 2 is 1.80 bits per heavy atom. The second-order valence-corrected chi connectivity index (χ2v) is 7.34. The van der Waals surface area contributed by atoms with Gasteiger partial charge in [-0.2, -0.15) is 13.2 Å². The van der Waals surface area contributed by atoms with E-state index in [4.69, 9.17) is 25.4 Å². The number of methoxy groups -OCH3 is 2. The van der Waals surface area contributed by atoms with Gasteiger partial charge in [0, 0.05) is 0 Å². The Morgan fingerprint density at radius 3 is 2.34 bits per heavy atom. The largest absolute Gasteiger partial charge is 0.468 e. The lowest BCUT2D eigenvalue weighted by molar-refractivity contribution is -0.154. The van der Waals surface area contributed by atoms with Gasteiger partial charge in [0.15, 0.2) is 12.2 Å². The number of nitrogens with zero attached hydrogens (tertiary/aromatic N) is 2. The highest BCUT2D eigenvalue weighted by Gasteiger charge is 2.39. The third-order valence-electron chi connectivity index (χ3n) is 5.36. The van der Waals surface area contributed by atoms with Crippen molar-refractivity contribution in [2.75, 3.05) is 32.8 Å². The van der Waals surface area contributed by atoms with Crippen molar-refractivity contribution < 1.29 is 41.7 Å². The summed E-state index contributed by atoms with van der Waals surface area (Å²) in [6.45, 7) is 1.71. The minimum absolute atomic E-state index is 0.000493. The fourth-order valence-corrected chi connectivity index (χ4v) is 3.69. The van der Waals surface area contributed by atoms with Crippen LogP contribution < -0.4 is 5.32 Å². The average molecular weight is 493 g/mol. The number of rotatable bonds is 7. The van der Waals surface area contributed by atoms with Crippen LogP contribution in [0.4, 0.5) is 19.0 Å². The molecule has 12 heteroatoms. The first-order valence-corrected chi connectivity index (χ1v) is 10.3. The fourth-order valence-electron chi connectivity index (χ4n) is 3.69. The molecule has 1 aromatic carbocycles. The molecule has 186 valence electrons. The molecule has 0 aliphatic carbocycles. The summed E-state index contributed by atoms with van der Waals surface area (Å²) in [5, 5.41) is 2.90. The SMILES string of the molecule is C#C[C@@H](Nc1ncnc(C(C(=O)OC)C(=O)OC)c1C1OCCO1)c1cccc(C(F)(F)F)c1C. The Labute approximate surface area is 198 Å². The van der Waals surface area contributed by atoms with Gasteiger partial charge < -0.3 is 24.3 Å². The molecule has 0 bridgehead atoms. The number of halogens is 3. The minimum Gasteiger partial charge on any atom is -0.468 e. The molecule has 1 aromatic heterocycles. The molecule has 1 atom stereocenters. The second-order valence-electron chi connectivity index (χ2n) is 7.34. The molecule has 0 unspecified atom stereocenters. The van der Waals surface area contributed by atoms with Crippen LogP contribution in [0.5, 0.6) is 0 Å². The van der Waals surface area contributed by atoms with Crippen LogP contribution >= 0.6 is 0 Å². The van der Waals surface area contributed by atoms with Crippen LogP contribution in [0.3, 0.4) is 0 Å². The van der Waals surface area contributed by atoms with E-state index in [2.05, 4.69) is 21.2 Å². The number of terminal acetylenes is 1. The lowest BCUT2D eigenvalue weighted by Crippen LogP contribution is -2.28. The van der Waals surface area contributed by atoms with Crippen molar-refractivity contribution in [3.8, 4) is 12.3 Å². The first-order chi connectivity index (χ1) is 16.6. The smallest absolute Gasteiger partial charge is 0.416 e. The lowest BCUT2D eigenvalue weighted by atomic mass is 9.96. The number of hydrogen-bond acceptors (Lipinski definition) is 9. The van der Waals surface area contributed by atoms with Crippen LogP contribution in [0.15, 0.2) is 24.5 Å². The maximum absolute atomic E-state index is 13.4. The molecule has 35 heavy (non-hydrogen) atoms. The predicted molar refractivity (Wildman–Crippen MR) is 115 cm³/mol. The van der Waals surface area contributed by atoms with Gasteiger partial charge in [0.2, 0.25) is 0 Å². The van der Waals surface area contributed by atoms with Crippen molar-refractivity contribution in [3.63, 3.8) is 0 Å². The zero-order valence-electron chi connectivity index (χ0n) is 19.0. The highest BCUT2D eigenvalue weighted by atomic mass is 19.4. The van der Waals surface area contributed by atoms with E-state index in [-0.39, 0.29) is 41.4 Å². The van der Waals surface area contributed by atoms with Gasteiger partial charge in [-0.3, -0.25) is 9.59 Å². The van der Waals surface area contributed by atoms with Crippen LogP contribution in [0, 0.1) is 19.3 Å². The van der Waals surface area contributed by atoms with Gasteiger partial charge in [-0.15, -0.1) is 6.42 Å². The Morgan fingerprint density at radius 1 is 1.17 bits per heavy atom. The van der Waals surface area contributed by atoms with Gasteiger partial charge in [-0.05, 0) is 24.1 Å². The number of nitrogens with one attached hydrogen (secondary N) is 1. The highest BCUT2D eigenvalue weighted by Crippen LogP contribution is 2.38. The van der Waals surface area contributed by atoms with Crippen LogP contribution in [-0.4, -0.2) is 49.3 Å². The second kappa shape index (κ2) is 10.7. The molecule has 2 heterocycles. The Hall–Kier alpha value is -3.69. The number of hydrogen-bond donors (Lipinski definition) is 1. The zero-order valence-corrected chi connectivity index (χ0v) is 19.0. The van der Waals surface area contributed by atoms with Gasteiger partial charge in [0.1, 0.15) is 18.2 Å². The summed E-state index contributed by atoms with van der Waals surface area (Å²) >= 11 is 0. The normalized spacial score (nSPS) is 14.9. The Bertz CT molecular complexity index is 1130. The number of benzene rings is 1. The number of alkyl halides is 3. The van der Waals surface area contributed by atoms with Crippen LogP contribution in [0.1, 0.15) is 46.2 Å². The lowest BCUT2D eigenvalue weighted by Gasteiger charge is -2.24. The number of carbonyl (C=O) groups excluding carboxylic acids is 2. The van der Waals surface area contributed by atoms with Crippen molar-refractivity contribution in [1.29, 1.82) is 0 Å². The molecule has 3 rings (SSSR count). The summed E-state index contributed by atoms with van der Waals surface area (Å²) in [6.07, 6.45) is 1.06. The van der Waals surface area contributed by atoms with E-state index in [1.807, 2.05) is 0 Å². The maximum Gasteiger partial charge on any atom is 0.416 e. The Balaban J connectivity index is 2.13. The maximum atomic E-state index is 13.4. The van der Waals surface area contributed by atoms with Crippen molar-refractivity contribution >= 4 is 17.8 Å². The minimum atomic E-state index is -4.58. The number of ether oxygens (including phenoxy) is 4. The molecule has 9 nitrogen and oxygen atoms in total. The molecule has 1 aliphatic rings. The van der Waals surface area contributed by atoms with E-state index in [9.17, 15) is 22.8 Å². The van der Waals surface area contributed by atoms with Crippen LogP contribution in [0.25, 0.3) is 0 Å². The molecule has 0 radical (unpaired) electrons. The van der Waals surface area contributed by atoms with Gasteiger partial charge in [0.25, 0.3) is 0 Å². The van der Waals surface area contributed by atoms with E-state index in [0.29, 0.717) is 0 Å². The topological polar surface area (TPSA) is 109 Å². The van der Waals surface area contributed by atoms with Gasteiger partial charge in [0.05, 0.1) is 44.3 Å². The first kappa shape index (κ1) is 25.9. The summed E-state index contributed by atoms with van der Waals surface area (Å²) in [5.74, 6) is -1.10. The van der Waals surface area contributed by atoms with E-state index < -0.39 is 41.9 Å². The first-order valence-electron chi connectivity index (χ1n) is 10.3. The van der Waals surface area contributed by atoms with Crippen LogP contribution in [0.2, 0.25) is 0 Å². The summed E-state index contributed by atoms with van der Waals surface area (Å²) in [7, 11) is 2.18. The molecule has 0 saturated carbocycles. The van der Waals surface area contributed by atoms with Crippen molar-refractivity contribution in [2.24, 2.45) is 0 Å². The quantitative estimate of drug-likeness (QED) is 0.354. The summed E-state index contributed by atoms with van der Waals surface area (Å²) in [4.78, 5) is 33.1. The van der Waals surface area contributed by atoms with Gasteiger partial charge >= 0.3 is 18.1 Å². The monoisotopic (exact) mass is 493 g/mol. The van der Waals surface area contributed by atoms with E-state index >= 15 is 0 Å². The molecule has 0 amide bonds. The highest BCUT2D eigenvalue weighted by molar-refractivity contribution is 6.00. The predicted octanol–water partition coefficient (Wildman–Crippen LogP) is 3.07. The molecular weight excluding hydrogens is 471 g/mol. The number of anilines is 1. The van der Waals surface area contributed by atoms with Gasteiger partial charge in [-0.1, -0.05) is 18.1 Å². The average Bonchev–Trinajstić information content (AvgIpc) is 3.36. The third kappa shape index (κ3) is 5.36. The summed E-state index contributed by atoms with van der Waals surface area (Å²) < 4.78 is 60.9. The van der Waals surface area contributed by atoms with Crippen molar-refractivity contribution in [2.45, 2.75) is 31.3 Å². The molecule has 0 spiro atoms. The van der Waals surface area contributed by atoms with E-state index in [1.54, 1.807) is 0 Å². The molecule has 1 saturated heterocycles. The van der Waals surface area contributed by atoms with Crippen LogP contribution in [-0.2, 0) is 34.7 Å². The molecule has 1 N–H and O–H groups in total. The van der Waals surface area contributed by atoms with E-state index in [0.717, 1.165) is 26.6 Å². The fraction of sp³-hybridized carbons (Fsp3) is 0.391. The van der Waals surface area contributed by atoms with Gasteiger partial charge in [-0.25, -0.2) is 9.97 Å². The summed E-state index contributed by atoms with van der Waals surface area (Å²) in [5.41, 5.74) is -0.777. The number of carbonyl (C=O) groups is 2. The molecule has 1 aliphatic heterocycles. The third-order valence-corrected chi connectivity index (χ3v) is 5.36. The van der Waals surface area contributed by atoms with Crippen molar-refractivity contribution in [3.05, 3.63) is 52.5 Å². The Kier molecular flexibility index (Phi) is 7.93. The number of aromatic nitrogens is 2. The molecular formula is C23H22F3N3O6. The standard InChI is InChI=1S/C23H22F3N3O6/c1-5-15(13-7-6-8-14(12(13)2)23(24,25)26)29-19-16(22-34-9-10-35-22)18(27-11-28-19)17(20(30)32-3)21(31)33-4/h1,6-8,11,15,17,22H,9-10H2,2-4H3,(H,27,28,29)/t15-/m1/s1. The summed E-state index contributed by atoms with van der Waals surface area (Å²) in [6, 6.07) is 2.59. The number of esters is 2. The molecule has 1 fully saturated rings. The zero-order chi connectivity index (χ0) is 25.8. The molecule has 2 aromatic rings. The van der Waals surface area contributed by atoms with Crippen molar-refractivity contribution in [1.82, 2.24) is 9.97 Å². The van der Waals surface area contributed by atoms with E-state index in [1.165, 1.54) is 19.1 Å².